The third kappa shape index (κ3) is 3.24. The van der Waals surface area contributed by atoms with Crippen molar-refractivity contribution in [2.75, 3.05) is 11.9 Å². The van der Waals surface area contributed by atoms with Crippen LogP contribution in [0.3, 0.4) is 0 Å². The van der Waals surface area contributed by atoms with E-state index in [0.717, 1.165) is 31.7 Å². The summed E-state index contributed by atoms with van der Waals surface area (Å²) < 4.78 is 0. The number of fused-ring (bicyclic) bond motifs is 1. The van der Waals surface area contributed by atoms with Gasteiger partial charge in [0.1, 0.15) is 0 Å². The molecule has 0 saturated heterocycles. The molecule has 3 rings (SSSR count). The Morgan fingerprint density at radius 2 is 1.95 bits per heavy atom. The smallest absolute Gasteiger partial charge is 0.219 e. The fourth-order valence-electron chi connectivity index (χ4n) is 2.73. The van der Waals surface area contributed by atoms with E-state index in [1.807, 2.05) is 11.0 Å². The Hall–Kier alpha value is -2.29. The van der Waals surface area contributed by atoms with Crippen LogP contribution in [-0.4, -0.2) is 17.4 Å². The van der Waals surface area contributed by atoms with E-state index in [4.69, 9.17) is 0 Å². The molecule has 0 bridgehead atoms. The van der Waals surface area contributed by atoms with Gasteiger partial charge in [0.05, 0.1) is 0 Å². The number of hydrogen-bond acceptors (Lipinski definition) is 2. The normalized spacial score (nSPS) is 13.7. The average molecular weight is 280 g/mol. The van der Waals surface area contributed by atoms with Crippen LogP contribution in [0.1, 0.15) is 23.6 Å². The first kappa shape index (κ1) is 13.7. The Balaban J connectivity index is 1.68. The molecule has 1 heterocycles. The molecule has 1 aliphatic heterocycles. The molecule has 0 radical (unpaired) electrons. The molecule has 2 aromatic rings. The van der Waals surface area contributed by atoms with Gasteiger partial charge in [0, 0.05) is 32.2 Å². The zero-order valence-corrected chi connectivity index (χ0v) is 12.3. The van der Waals surface area contributed by atoms with Gasteiger partial charge >= 0.3 is 0 Å². The van der Waals surface area contributed by atoms with Gasteiger partial charge in [0.2, 0.25) is 5.91 Å². The van der Waals surface area contributed by atoms with Crippen molar-refractivity contribution in [3.8, 4) is 0 Å². The largest absolute Gasteiger partial charge is 0.381 e. The minimum absolute atomic E-state index is 0.159. The van der Waals surface area contributed by atoms with Crippen molar-refractivity contribution in [3.63, 3.8) is 0 Å². The first-order valence-corrected chi connectivity index (χ1v) is 7.37. The fraction of sp³-hybridized carbons (Fsp3) is 0.278. The van der Waals surface area contributed by atoms with Crippen LogP contribution in [0.4, 0.5) is 5.69 Å². The molecule has 3 nitrogen and oxygen atoms in total. The number of hydrogen-bond donors (Lipinski definition) is 1. The van der Waals surface area contributed by atoms with E-state index in [0.29, 0.717) is 0 Å². The number of anilines is 1. The van der Waals surface area contributed by atoms with Gasteiger partial charge in [-0.25, -0.2) is 0 Å². The van der Waals surface area contributed by atoms with E-state index in [1.54, 1.807) is 6.92 Å². The maximum atomic E-state index is 11.4. The molecule has 1 amide bonds. The van der Waals surface area contributed by atoms with Gasteiger partial charge in [0.25, 0.3) is 0 Å². The zero-order chi connectivity index (χ0) is 14.7. The van der Waals surface area contributed by atoms with Gasteiger partial charge in [-0.3, -0.25) is 4.79 Å². The summed E-state index contributed by atoms with van der Waals surface area (Å²) >= 11 is 0. The maximum Gasteiger partial charge on any atom is 0.219 e. The highest BCUT2D eigenvalue weighted by molar-refractivity contribution is 5.73. The molecule has 0 unspecified atom stereocenters. The minimum Gasteiger partial charge on any atom is -0.381 e. The summed E-state index contributed by atoms with van der Waals surface area (Å²) in [6, 6.07) is 16.8. The molecule has 0 spiro atoms. The van der Waals surface area contributed by atoms with Crippen LogP contribution >= 0.6 is 0 Å². The molecule has 0 aliphatic carbocycles. The zero-order valence-electron chi connectivity index (χ0n) is 12.3. The average Bonchev–Trinajstić information content (AvgIpc) is 2.53. The van der Waals surface area contributed by atoms with Crippen molar-refractivity contribution in [2.24, 2.45) is 0 Å². The Kier molecular flexibility index (Phi) is 3.91. The van der Waals surface area contributed by atoms with Gasteiger partial charge in [-0.2, -0.15) is 0 Å². The predicted molar refractivity (Wildman–Crippen MR) is 85.0 cm³/mol. The summed E-state index contributed by atoms with van der Waals surface area (Å²) in [6.45, 7) is 4.04. The standard InChI is InChI=1S/C18H20N2O/c1-14(21)20-10-9-16-11-18(8-7-17(16)13-20)19-12-15-5-3-2-4-6-15/h2-8,11,19H,9-10,12-13H2,1H3. The van der Waals surface area contributed by atoms with Crippen LogP contribution in [-0.2, 0) is 24.3 Å². The van der Waals surface area contributed by atoms with Crippen LogP contribution in [0.5, 0.6) is 0 Å². The molecule has 0 saturated carbocycles. The number of carbonyl (C=O) groups excluding carboxylic acids is 1. The molecule has 3 heteroatoms. The second kappa shape index (κ2) is 6.00. The van der Waals surface area contributed by atoms with Gasteiger partial charge in [-0.1, -0.05) is 36.4 Å². The Labute approximate surface area is 125 Å². The lowest BCUT2D eigenvalue weighted by molar-refractivity contribution is -0.129. The predicted octanol–water partition coefficient (Wildman–Crippen LogP) is 3.20. The minimum atomic E-state index is 0.159. The maximum absolute atomic E-state index is 11.4. The molecule has 2 aromatic carbocycles. The van der Waals surface area contributed by atoms with E-state index in [-0.39, 0.29) is 5.91 Å². The van der Waals surface area contributed by atoms with Crippen molar-refractivity contribution in [2.45, 2.75) is 26.4 Å². The molecule has 0 fully saturated rings. The van der Waals surface area contributed by atoms with Crippen molar-refractivity contribution in [3.05, 3.63) is 65.2 Å². The number of nitrogens with one attached hydrogen (secondary N) is 1. The third-order valence-corrected chi connectivity index (χ3v) is 4.00. The Morgan fingerprint density at radius 3 is 2.71 bits per heavy atom. The summed E-state index contributed by atoms with van der Waals surface area (Å²) in [5, 5.41) is 3.46. The molecule has 0 aromatic heterocycles. The van der Waals surface area contributed by atoms with Crippen LogP contribution in [0.15, 0.2) is 48.5 Å². The third-order valence-electron chi connectivity index (χ3n) is 4.00. The van der Waals surface area contributed by atoms with E-state index >= 15 is 0 Å². The van der Waals surface area contributed by atoms with Gasteiger partial charge < -0.3 is 10.2 Å². The summed E-state index contributed by atoms with van der Waals surface area (Å²) in [5.74, 6) is 0.159. The van der Waals surface area contributed by atoms with Gasteiger partial charge in [0.15, 0.2) is 0 Å². The summed E-state index contributed by atoms with van der Waals surface area (Å²) in [7, 11) is 0. The monoisotopic (exact) mass is 280 g/mol. The van der Waals surface area contributed by atoms with Crippen LogP contribution < -0.4 is 5.32 Å². The first-order valence-electron chi connectivity index (χ1n) is 7.37. The van der Waals surface area contributed by atoms with E-state index < -0.39 is 0 Å². The second-order valence-corrected chi connectivity index (χ2v) is 5.51. The van der Waals surface area contributed by atoms with Crippen LogP contribution in [0.25, 0.3) is 0 Å². The highest BCUT2D eigenvalue weighted by Gasteiger charge is 2.17. The molecule has 0 atom stereocenters. The van der Waals surface area contributed by atoms with E-state index in [9.17, 15) is 4.79 Å². The fourth-order valence-corrected chi connectivity index (χ4v) is 2.73. The van der Waals surface area contributed by atoms with Crippen molar-refractivity contribution < 1.29 is 4.79 Å². The lowest BCUT2D eigenvalue weighted by Gasteiger charge is -2.28. The first-order chi connectivity index (χ1) is 10.2. The van der Waals surface area contributed by atoms with Gasteiger partial charge in [-0.15, -0.1) is 0 Å². The van der Waals surface area contributed by atoms with Crippen LogP contribution in [0.2, 0.25) is 0 Å². The number of amides is 1. The van der Waals surface area contributed by atoms with E-state index in [2.05, 4.69) is 47.8 Å². The second-order valence-electron chi connectivity index (χ2n) is 5.51. The Bertz CT molecular complexity index is 637. The Morgan fingerprint density at radius 1 is 1.14 bits per heavy atom. The molecule has 108 valence electrons. The highest BCUT2D eigenvalue weighted by atomic mass is 16.2. The van der Waals surface area contributed by atoms with Gasteiger partial charge in [-0.05, 0) is 35.2 Å². The summed E-state index contributed by atoms with van der Waals surface area (Å²) in [5.41, 5.74) is 5.04. The molecular weight excluding hydrogens is 260 g/mol. The summed E-state index contributed by atoms with van der Waals surface area (Å²) in [6.07, 6.45) is 0.940. The number of rotatable bonds is 3. The van der Waals surface area contributed by atoms with Crippen molar-refractivity contribution in [1.29, 1.82) is 0 Å². The summed E-state index contributed by atoms with van der Waals surface area (Å²) in [4.78, 5) is 13.4. The molecule has 21 heavy (non-hydrogen) atoms. The highest BCUT2D eigenvalue weighted by Crippen LogP contribution is 2.23. The molecular formula is C18H20N2O. The number of benzene rings is 2. The molecule has 1 aliphatic rings. The lowest BCUT2D eigenvalue weighted by Crippen LogP contribution is -2.34. The molecule has 1 N–H and O–H groups in total. The topological polar surface area (TPSA) is 32.3 Å². The lowest BCUT2D eigenvalue weighted by atomic mass is 9.99. The van der Waals surface area contributed by atoms with E-state index in [1.165, 1.54) is 16.7 Å². The van der Waals surface area contributed by atoms with Crippen molar-refractivity contribution >= 4 is 11.6 Å². The quantitative estimate of drug-likeness (QED) is 0.936. The SMILES string of the molecule is CC(=O)N1CCc2cc(NCc3ccccc3)ccc2C1. The van der Waals surface area contributed by atoms with Crippen LogP contribution in [0, 0.1) is 0 Å². The number of carbonyl (C=O) groups is 1. The van der Waals surface area contributed by atoms with Crippen molar-refractivity contribution in [1.82, 2.24) is 4.90 Å². The number of nitrogens with zero attached hydrogens (tertiary/aromatic N) is 1.